The first kappa shape index (κ1) is 16.1. The van der Waals surface area contributed by atoms with Gasteiger partial charge in [-0.1, -0.05) is 18.2 Å². The van der Waals surface area contributed by atoms with E-state index in [1.165, 1.54) is 0 Å². The molecule has 1 aromatic heterocycles. The zero-order chi connectivity index (χ0) is 16.2. The van der Waals surface area contributed by atoms with Gasteiger partial charge in [-0.2, -0.15) is 0 Å². The van der Waals surface area contributed by atoms with E-state index in [9.17, 15) is 4.79 Å². The molecule has 2 aromatic rings. The number of aryl methyl sites for hydroxylation is 2. The first-order valence-electron chi connectivity index (χ1n) is 8.12. The fraction of sp³-hybridized carbons (Fsp3) is 0.444. The van der Waals surface area contributed by atoms with Gasteiger partial charge in [0, 0.05) is 43.7 Å². The molecule has 1 fully saturated rings. The van der Waals surface area contributed by atoms with Crippen LogP contribution in [0.4, 0.5) is 0 Å². The molecule has 0 radical (unpaired) electrons. The van der Waals surface area contributed by atoms with Gasteiger partial charge in [0.25, 0.3) is 5.91 Å². The molecule has 0 unspecified atom stereocenters. The van der Waals surface area contributed by atoms with Gasteiger partial charge >= 0.3 is 0 Å². The van der Waals surface area contributed by atoms with Crippen LogP contribution in [0.3, 0.4) is 0 Å². The predicted molar refractivity (Wildman–Crippen MR) is 93.8 cm³/mol. The summed E-state index contributed by atoms with van der Waals surface area (Å²) in [6, 6.07) is 7.85. The summed E-state index contributed by atoms with van der Waals surface area (Å²) in [6.07, 6.45) is 1.01. The second-order valence-electron chi connectivity index (χ2n) is 6.09. The third-order valence-corrected chi connectivity index (χ3v) is 5.13. The maximum Gasteiger partial charge on any atom is 0.254 e. The summed E-state index contributed by atoms with van der Waals surface area (Å²) in [5.74, 6) is 0.162. The quantitative estimate of drug-likeness (QED) is 0.868. The molecular weight excluding hydrogens is 306 g/mol. The topological polar surface area (TPSA) is 36.4 Å². The van der Waals surface area contributed by atoms with E-state index in [2.05, 4.69) is 15.3 Å². The van der Waals surface area contributed by atoms with Crippen molar-refractivity contribution in [2.45, 2.75) is 26.8 Å². The Bertz CT molecular complexity index is 682. The van der Waals surface area contributed by atoms with Gasteiger partial charge in [0.2, 0.25) is 0 Å². The van der Waals surface area contributed by atoms with E-state index in [0.717, 1.165) is 61.0 Å². The maximum absolute atomic E-state index is 12.7. The molecule has 2 heterocycles. The number of thiazole rings is 1. The first-order chi connectivity index (χ1) is 11.1. The number of benzene rings is 1. The lowest BCUT2D eigenvalue weighted by molar-refractivity contribution is 0.0760. The van der Waals surface area contributed by atoms with E-state index >= 15 is 0 Å². The third kappa shape index (κ3) is 3.98. The average Bonchev–Trinajstić information content (AvgIpc) is 2.81. The van der Waals surface area contributed by atoms with Gasteiger partial charge in [0.1, 0.15) is 0 Å². The highest BCUT2D eigenvalue weighted by molar-refractivity contribution is 7.09. The molecule has 0 saturated carbocycles. The van der Waals surface area contributed by atoms with Crippen LogP contribution in [0.5, 0.6) is 0 Å². The molecule has 5 heteroatoms. The van der Waals surface area contributed by atoms with E-state index in [0.29, 0.717) is 0 Å². The Morgan fingerprint density at radius 3 is 2.74 bits per heavy atom. The van der Waals surface area contributed by atoms with Crippen LogP contribution in [-0.2, 0) is 6.54 Å². The van der Waals surface area contributed by atoms with E-state index < -0.39 is 0 Å². The normalized spacial score (nSPS) is 16.3. The molecular formula is C18H23N3OS. The summed E-state index contributed by atoms with van der Waals surface area (Å²) in [6.45, 7) is 8.48. The average molecular weight is 329 g/mol. The molecule has 0 atom stereocenters. The number of amides is 1. The van der Waals surface area contributed by atoms with Crippen molar-refractivity contribution < 1.29 is 4.79 Å². The number of aromatic nitrogens is 1. The van der Waals surface area contributed by atoms with Crippen molar-refractivity contribution >= 4 is 17.2 Å². The van der Waals surface area contributed by atoms with Crippen LogP contribution >= 0.6 is 11.3 Å². The lowest BCUT2D eigenvalue weighted by Gasteiger charge is -2.22. The number of carbonyl (C=O) groups excluding carboxylic acids is 1. The molecule has 1 amide bonds. The Morgan fingerprint density at radius 1 is 1.17 bits per heavy atom. The smallest absolute Gasteiger partial charge is 0.254 e. The summed E-state index contributed by atoms with van der Waals surface area (Å²) in [7, 11) is 0. The Labute approximate surface area is 141 Å². The summed E-state index contributed by atoms with van der Waals surface area (Å²) in [4.78, 5) is 21.7. The van der Waals surface area contributed by atoms with Gasteiger partial charge in [-0.15, -0.1) is 11.3 Å². The maximum atomic E-state index is 12.7. The summed E-state index contributed by atoms with van der Waals surface area (Å²) < 4.78 is 0. The summed E-state index contributed by atoms with van der Waals surface area (Å²) >= 11 is 1.70. The third-order valence-electron chi connectivity index (χ3n) is 4.30. The Kier molecular flexibility index (Phi) is 5.08. The van der Waals surface area contributed by atoms with Crippen molar-refractivity contribution in [2.75, 3.05) is 26.2 Å². The Balaban J connectivity index is 1.62. The molecule has 1 aromatic carbocycles. The highest BCUT2D eigenvalue weighted by Crippen LogP contribution is 2.15. The minimum absolute atomic E-state index is 0.162. The first-order valence-corrected chi connectivity index (χ1v) is 9.00. The monoisotopic (exact) mass is 329 g/mol. The second-order valence-corrected chi connectivity index (χ2v) is 7.16. The molecule has 0 N–H and O–H groups in total. The molecule has 3 rings (SSSR count). The van der Waals surface area contributed by atoms with E-state index in [1.807, 2.05) is 43.0 Å². The number of hydrogen-bond donors (Lipinski definition) is 0. The predicted octanol–water partition coefficient (Wildman–Crippen LogP) is 3.11. The lowest BCUT2D eigenvalue weighted by Crippen LogP contribution is -2.35. The Morgan fingerprint density at radius 2 is 2.00 bits per heavy atom. The fourth-order valence-electron chi connectivity index (χ4n) is 3.03. The van der Waals surface area contributed by atoms with Crippen molar-refractivity contribution in [1.29, 1.82) is 0 Å². The van der Waals surface area contributed by atoms with Crippen LogP contribution in [0.1, 0.15) is 33.0 Å². The number of rotatable bonds is 3. The molecule has 1 aliphatic heterocycles. The Hall–Kier alpha value is -1.72. The van der Waals surface area contributed by atoms with Crippen molar-refractivity contribution in [3.63, 3.8) is 0 Å². The number of carbonyl (C=O) groups is 1. The molecule has 1 aliphatic rings. The molecule has 0 aliphatic carbocycles. The number of hydrogen-bond acceptors (Lipinski definition) is 4. The van der Waals surface area contributed by atoms with Crippen molar-refractivity contribution in [3.05, 3.63) is 51.5 Å². The minimum atomic E-state index is 0.162. The van der Waals surface area contributed by atoms with Crippen molar-refractivity contribution in [1.82, 2.24) is 14.8 Å². The fourth-order valence-corrected chi connectivity index (χ4v) is 3.63. The van der Waals surface area contributed by atoms with Gasteiger partial charge in [-0.25, -0.2) is 4.98 Å². The van der Waals surface area contributed by atoms with Crippen LogP contribution < -0.4 is 0 Å². The standard InChI is InChI=1S/C18H23N3OS/c1-14-6-3-4-7-17(14)18(22)21-9-5-8-20(10-11-21)12-16-13-23-15(2)19-16/h3-4,6-7,13H,5,8-12H2,1-2H3. The van der Waals surface area contributed by atoms with Crippen LogP contribution in [-0.4, -0.2) is 46.9 Å². The van der Waals surface area contributed by atoms with Crippen LogP contribution in [0.15, 0.2) is 29.6 Å². The van der Waals surface area contributed by atoms with E-state index in [-0.39, 0.29) is 5.91 Å². The van der Waals surface area contributed by atoms with Gasteiger partial charge < -0.3 is 4.90 Å². The highest BCUT2D eigenvalue weighted by atomic mass is 32.1. The van der Waals surface area contributed by atoms with Crippen molar-refractivity contribution in [2.24, 2.45) is 0 Å². The van der Waals surface area contributed by atoms with Crippen molar-refractivity contribution in [3.8, 4) is 0 Å². The van der Waals surface area contributed by atoms with Gasteiger partial charge in [0.05, 0.1) is 10.7 Å². The van der Waals surface area contributed by atoms with E-state index in [1.54, 1.807) is 11.3 Å². The summed E-state index contributed by atoms with van der Waals surface area (Å²) in [5.41, 5.74) is 3.03. The molecule has 0 bridgehead atoms. The molecule has 23 heavy (non-hydrogen) atoms. The zero-order valence-corrected chi connectivity index (χ0v) is 14.6. The van der Waals surface area contributed by atoms with Crippen LogP contribution in [0, 0.1) is 13.8 Å². The van der Waals surface area contributed by atoms with Gasteiger partial charge in [-0.05, 0) is 31.9 Å². The summed E-state index contributed by atoms with van der Waals surface area (Å²) in [5, 5.41) is 3.25. The number of nitrogens with zero attached hydrogens (tertiary/aromatic N) is 3. The molecule has 4 nitrogen and oxygen atoms in total. The van der Waals surface area contributed by atoms with Gasteiger partial charge in [-0.3, -0.25) is 9.69 Å². The zero-order valence-electron chi connectivity index (χ0n) is 13.8. The van der Waals surface area contributed by atoms with E-state index in [4.69, 9.17) is 0 Å². The SMILES string of the molecule is Cc1nc(CN2CCCN(C(=O)c3ccccc3C)CC2)cs1. The largest absolute Gasteiger partial charge is 0.337 e. The molecule has 1 saturated heterocycles. The van der Waals surface area contributed by atoms with Crippen LogP contribution in [0.2, 0.25) is 0 Å². The van der Waals surface area contributed by atoms with Crippen LogP contribution in [0.25, 0.3) is 0 Å². The highest BCUT2D eigenvalue weighted by Gasteiger charge is 2.21. The second kappa shape index (κ2) is 7.23. The molecule has 0 spiro atoms. The van der Waals surface area contributed by atoms with Gasteiger partial charge in [0.15, 0.2) is 0 Å². The molecule has 122 valence electrons. The minimum Gasteiger partial charge on any atom is -0.337 e. The lowest BCUT2D eigenvalue weighted by atomic mass is 10.1.